The highest BCUT2D eigenvalue weighted by Gasteiger charge is 2.51. The van der Waals surface area contributed by atoms with Crippen molar-refractivity contribution in [3.8, 4) is 0 Å². The molecule has 0 aliphatic carbocycles. The van der Waals surface area contributed by atoms with Gasteiger partial charge in [0.15, 0.2) is 25.0 Å². The minimum atomic E-state index is -1.93. The van der Waals surface area contributed by atoms with Gasteiger partial charge in [-0.15, -0.1) is 0 Å². The van der Waals surface area contributed by atoms with E-state index in [1.165, 1.54) is 0 Å². The van der Waals surface area contributed by atoms with Crippen molar-refractivity contribution >= 4 is 30.9 Å². The zero-order valence-corrected chi connectivity index (χ0v) is 30.9. The van der Waals surface area contributed by atoms with Crippen LogP contribution < -0.4 is 5.32 Å². The molecule has 0 bridgehead atoms. The second kappa shape index (κ2) is 14.4. The summed E-state index contributed by atoms with van der Waals surface area (Å²) >= 11 is 0. The molecule has 0 aromatic heterocycles. The van der Waals surface area contributed by atoms with Crippen molar-refractivity contribution in [2.24, 2.45) is 11.8 Å². The number of nitrogens with zero attached hydrogens (tertiary/aromatic N) is 1. The Bertz CT molecular complexity index is 852. The minimum Gasteiger partial charge on any atom is -0.415 e. The van der Waals surface area contributed by atoms with Crippen molar-refractivity contribution in [3.05, 3.63) is 11.6 Å². The molecule has 0 spiro atoms. The van der Waals surface area contributed by atoms with Gasteiger partial charge in [0, 0.05) is 24.0 Å². The van der Waals surface area contributed by atoms with Crippen LogP contribution in [0.3, 0.4) is 0 Å². The smallest absolute Gasteiger partial charge is 0.244 e. The van der Waals surface area contributed by atoms with Crippen molar-refractivity contribution in [3.63, 3.8) is 0 Å². The van der Waals surface area contributed by atoms with Gasteiger partial charge in [-0.1, -0.05) is 12.5 Å². The fraction of sp³-hybridized carbons (Fsp3) is 0.897. The van der Waals surface area contributed by atoms with Gasteiger partial charge in [0.2, 0.25) is 5.91 Å². The third kappa shape index (κ3) is 12.9. The summed E-state index contributed by atoms with van der Waals surface area (Å²) in [6, 6.07) is 0. The van der Waals surface area contributed by atoms with E-state index in [1.807, 2.05) is 25.9 Å². The Morgan fingerprint density at radius 3 is 2.05 bits per heavy atom. The summed E-state index contributed by atoms with van der Waals surface area (Å²) in [7, 11) is -1.58. The lowest BCUT2D eigenvalue weighted by molar-refractivity contribution is -0.152. The quantitative estimate of drug-likeness (QED) is 0.113. The normalized spacial score (nSPS) is 29.8. The number of carbonyl (C=O) groups is 1. The molecule has 2 rings (SSSR count). The Hall–Kier alpha value is -0.379. The van der Waals surface area contributed by atoms with Crippen LogP contribution in [0.1, 0.15) is 33.6 Å². The molecule has 0 aromatic rings. The number of hydrogen-bond acceptors (Lipinski definition) is 7. The lowest BCUT2D eigenvalue weighted by Gasteiger charge is -2.47. The van der Waals surface area contributed by atoms with Gasteiger partial charge in [0.25, 0.3) is 0 Å². The molecule has 2 saturated heterocycles. The first-order chi connectivity index (χ1) is 18.1. The fourth-order valence-corrected chi connectivity index (χ4v) is 8.92. The molecular formula is C29H60N2O6Si3. The maximum absolute atomic E-state index is 12.4. The van der Waals surface area contributed by atoms with Crippen LogP contribution in [0.25, 0.3) is 0 Å². The third-order valence-electron chi connectivity index (χ3n) is 7.08. The van der Waals surface area contributed by atoms with Gasteiger partial charge in [-0.3, -0.25) is 9.69 Å². The van der Waals surface area contributed by atoms with Gasteiger partial charge in [-0.05, 0) is 99.7 Å². The van der Waals surface area contributed by atoms with E-state index in [-0.39, 0.29) is 48.4 Å². The minimum absolute atomic E-state index is 0.0664. The summed E-state index contributed by atoms with van der Waals surface area (Å²) in [5.74, 6) is 0.439. The van der Waals surface area contributed by atoms with E-state index < -0.39 is 25.0 Å². The number of nitrogens with one attached hydrogen (secondary N) is 1. The summed E-state index contributed by atoms with van der Waals surface area (Å²) in [5.41, 5.74) is 0.978. The lowest BCUT2D eigenvalue weighted by Crippen LogP contribution is -2.58. The zero-order chi connectivity index (χ0) is 30.6. The summed E-state index contributed by atoms with van der Waals surface area (Å²) in [5, 5.41) is 2.91. The van der Waals surface area contributed by atoms with Gasteiger partial charge in [-0.25, -0.2) is 0 Å². The molecule has 2 heterocycles. The summed E-state index contributed by atoms with van der Waals surface area (Å²) in [6.45, 7) is 27.6. The van der Waals surface area contributed by atoms with E-state index in [0.29, 0.717) is 25.6 Å². The lowest BCUT2D eigenvalue weighted by atomic mass is 9.85. The molecule has 1 amide bonds. The number of rotatable bonds is 15. The SMILES string of the molecule is C/C(=C\C(=O)NCN(C)C)C[C@@H]1OC[C@H](C[C@@H]2O[C@H]2[C@@H](C)[C@H](C)O[Si](C)(C)C)[C@@H](O[Si](C)(C)C)[C@H]1O[Si](C)(C)C. The first kappa shape index (κ1) is 35.8. The predicted molar refractivity (Wildman–Crippen MR) is 171 cm³/mol. The molecule has 0 unspecified atom stereocenters. The van der Waals surface area contributed by atoms with E-state index in [4.69, 9.17) is 22.8 Å². The highest BCUT2D eigenvalue weighted by atomic mass is 28.4. The number of amides is 1. The van der Waals surface area contributed by atoms with Crippen molar-refractivity contribution in [1.29, 1.82) is 0 Å². The zero-order valence-electron chi connectivity index (χ0n) is 27.9. The average Bonchev–Trinajstić information content (AvgIpc) is 3.51. The Kier molecular flexibility index (Phi) is 12.9. The topological polar surface area (TPSA) is 81.8 Å². The highest BCUT2D eigenvalue weighted by Crippen LogP contribution is 2.41. The van der Waals surface area contributed by atoms with Gasteiger partial charge in [-0.2, -0.15) is 0 Å². The van der Waals surface area contributed by atoms with Crippen molar-refractivity contribution in [2.75, 3.05) is 27.4 Å². The van der Waals surface area contributed by atoms with Crippen LogP contribution in [-0.4, -0.2) is 99.8 Å². The molecule has 8 nitrogen and oxygen atoms in total. The van der Waals surface area contributed by atoms with Crippen LogP contribution in [0.15, 0.2) is 11.6 Å². The molecule has 0 saturated carbocycles. The van der Waals surface area contributed by atoms with Crippen molar-refractivity contribution in [2.45, 2.75) is 129 Å². The van der Waals surface area contributed by atoms with E-state index in [1.54, 1.807) is 6.08 Å². The van der Waals surface area contributed by atoms with Crippen LogP contribution >= 0.6 is 0 Å². The van der Waals surface area contributed by atoms with Crippen molar-refractivity contribution in [1.82, 2.24) is 10.2 Å². The van der Waals surface area contributed by atoms with Crippen molar-refractivity contribution < 1.29 is 27.5 Å². The molecule has 8 atom stereocenters. The third-order valence-corrected chi connectivity index (χ3v) is 10.1. The van der Waals surface area contributed by atoms with Crippen LogP contribution in [-0.2, 0) is 27.5 Å². The van der Waals surface area contributed by atoms with Crippen LogP contribution in [0.5, 0.6) is 0 Å². The number of ether oxygens (including phenoxy) is 2. The maximum atomic E-state index is 12.4. The molecule has 0 aromatic carbocycles. The Morgan fingerprint density at radius 1 is 0.950 bits per heavy atom. The molecule has 0 radical (unpaired) electrons. The Labute approximate surface area is 248 Å². The molecule has 2 aliphatic heterocycles. The van der Waals surface area contributed by atoms with Gasteiger partial charge in [0.1, 0.15) is 0 Å². The number of hydrogen-bond donors (Lipinski definition) is 1. The van der Waals surface area contributed by atoms with E-state index in [2.05, 4.69) is 78.1 Å². The monoisotopic (exact) mass is 616 g/mol. The standard InChI is InChI=1S/C29H60N2O6Si3/c1-20(16-26(32)30-19-31(4)5)15-24-29(37-40(12,13)14)28(36-39(9,10)11)23(18-33-24)17-25-27(34-25)21(2)22(3)35-38(6,7)8/h16,21-25,27-29H,15,17-19H2,1-14H3,(H,30,32)/b20-16+/t21-,22-,23-,24-,25-,27-,28+,29-/m0/s1. The summed E-state index contributed by atoms with van der Waals surface area (Å²) in [4.78, 5) is 14.4. The summed E-state index contributed by atoms with van der Waals surface area (Å²) < 4.78 is 33.0. The largest absolute Gasteiger partial charge is 0.415 e. The number of carbonyl (C=O) groups excluding carboxylic acids is 1. The molecule has 11 heteroatoms. The molecule has 2 aliphatic rings. The number of epoxide rings is 1. The molecule has 40 heavy (non-hydrogen) atoms. The van der Waals surface area contributed by atoms with E-state index in [9.17, 15) is 4.79 Å². The molecule has 2 fully saturated rings. The molecular weight excluding hydrogens is 557 g/mol. The average molecular weight is 617 g/mol. The fourth-order valence-electron chi connectivity index (χ4n) is 5.34. The summed E-state index contributed by atoms with van der Waals surface area (Å²) in [6.07, 6.45) is 3.37. The van der Waals surface area contributed by atoms with Crippen LogP contribution in [0.2, 0.25) is 58.9 Å². The first-order valence-corrected chi connectivity index (χ1v) is 25.3. The van der Waals surface area contributed by atoms with Crippen LogP contribution in [0.4, 0.5) is 0 Å². The van der Waals surface area contributed by atoms with Gasteiger partial charge >= 0.3 is 0 Å². The second-order valence-corrected chi connectivity index (χ2v) is 28.5. The Morgan fingerprint density at radius 2 is 1.52 bits per heavy atom. The molecule has 234 valence electrons. The van der Waals surface area contributed by atoms with E-state index in [0.717, 1.165) is 12.0 Å². The predicted octanol–water partition coefficient (Wildman–Crippen LogP) is 5.45. The highest BCUT2D eigenvalue weighted by molar-refractivity contribution is 6.70. The molecule has 1 N–H and O–H groups in total. The first-order valence-electron chi connectivity index (χ1n) is 15.1. The van der Waals surface area contributed by atoms with Gasteiger partial charge < -0.3 is 28.1 Å². The van der Waals surface area contributed by atoms with Crippen LogP contribution in [0, 0.1) is 11.8 Å². The van der Waals surface area contributed by atoms with Gasteiger partial charge in [0.05, 0.1) is 43.8 Å². The Balaban J connectivity index is 2.20. The second-order valence-electron chi connectivity index (χ2n) is 15.2. The van der Waals surface area contributed by atoms with E-state index >= 15 is 0 Å². The maximum Gasteiger partial charge on any atom is 0.244 e.